The van der Waals surface area contributed by atoms with E-state index in [4.69, 9.17) is 0 Å². The maximum absolute atomic E-state index is 9.70. The van der Waals surface area contributed by atoms with E-state index in [0.29, 0.717) is 12.0 Å². The molecular formula is C11H23NO. The first kappa shape index (κ1) is 11.0. The van der Waals surface area contributed by atoms with Crippen molar-refractivity contribution in [3.05, 3.63) is 0 Å². The van der Waals surface area contributed by atoms with E-state index in [0.717, 1.165) is 13.0 Å². The van der Waals surface area contributed by atoms with Gasteiger partial charge in [0.25, 0.3) is 0 Å². The molecule has 1 rings (SSSR count). The topological polar surface area (TPSA) is 23.5 Å². The second-order valence-corrected chi connectivity index (χ2v) is 5.32. The van der Waals surface area contributed by atoms with E-state index in [-0.39, 0.29) is 11.6 Å². The number of piperidine rings is 1. The van der Waals surface area contributed by atoms with Gasteiger partial charge in [0.2, 0.25) is 0 Å². The van der Waals surface area contributed by atoms with Gasteiger partial charge in [0.1, 0.15) is 0 Å². The smallest absolute Gasteiger partial charge is 0.0592 e. The Morgan fingerprint density at radius 2 is 1.77 bits per heavy atom. The van der Waals surface area contributed by atoms with Crippen LogP contribution in [0.4, 0.5) is 0 Å². The number of likely N-dealkylation sites (tertiary alicyclic amines) is 1. The van der Waals surface area contributed by atoms with Crippen LogP contribution in [0.5, 0.6) is 0 Å². The molecule has 3 unspecified atom stereocenters. The number of rotatable bonds is 0. The van der Waals surface area contributed by atoms with Crippen LogP contribution in [0.25, 0.3) is 0 Å². The van der Waals surface area contributed by atoms with Crippen LogP contribution in [-0.2, 0) is 0 Å². The van der Waals surface area contributed by atoms with Crippen molar-refractivity contribution in [3.63, 3.8) is 0 Å². The molecule has 0 amide bonds. The molecular weight excluding hydrogens is 162 g/mol. The summed E-state index contributed by atoms with van der Waals surface area (Å²) in [6.45, 7) is 12.1. The molecule has 2 heteroatoms. The highest BCUT2D eigenvalue weighted by Gasteiger charge is 2.36. The van der Waals surface area contributed by atoms with Gasteiger partial charge in [-0.2, -0.15) is 0 Å². The van der Waals surface area contributed by atoms with Crippen molar-refractivity contribution >= 4 is 0 Å². The van der Waals surface area contributed by atoms with Gasteiger partial charge in [0, 0.05) is 18.1 Å². The third kappa shape index (κ3) is 2.23. The largest absolute Gasteiger partial charge is 0.393 e. The summed E-state index contributed by atoms with van der Waals surface area (Å²) in [6, 6.07) is 0.490. The average molecular weight is 185 g/mol. The Hall–Kier alpha value is -0.0800. The van der Waals surface area contributed by atoms with E-state index >= 15 is 0 Å². The summed E-state index contributed by atoms with van der Waals surface area (Å²) >= 11 is 0. The number of hydrogen-bond acceptors (Lipinski definition) is 2. The minimum atomic E-state index is -0.103. The third-order valence-corrected chi connectivity index (χ3v) is 3.39. The summed E-state index contributed by atoms with van der Waals surface area (Å²) in [4.78, 5) is 2.49. The van der Waals surface area contributed by atoms with Gasteiger partial charge in [-0.3, -0.25) is 4.90 Å². The zero-order valence-electron chi connectivity index (χ0n) is 9.54. The summed E-state index contributed by atoms with van der Waals surface area (Å²) in [5.74, 6) is 0.396. The van der Waals surface area contributed by atoms with Crippen molar-refractivity contribution in [2.24, 2.45) is 5.92 Å². The molecule has 0 aromatic heterocycles. The normalized spacial score (nSPS) is 37.8. The van der Waals surface area contributed by atoms with Crippen LogP contribution in [0, 0.1) is 5.92 Å². The van der Waals surface area contributed by atoms with E-state index in [1.54, 1.807) is 0 Å². The monoisotopic (exact) mass is 185 g/mol. The zero-order chi connectivity index (χ0) is 10.2. The Kier molecular flexibility index (Phi) is 3.03. The summed E-state index contributed by atoms with van der Waals surface area (Å²) < 4.78 is 0. The summed E-state index contributed by atoms with van der Waals surface area (Å²) in [6.07, 6.45) is 0.816. The van der Waals surface area contributed by atoms with Gasteiger partial charge in [-0.25, -0.2) is 0 Å². The van der Waals surface area contributed by atoms with Gasteiger partial charge in [0.05, 0.1) is 6.10 Å². The molecule has 0 aromatic carbocycles. The predicted octanol–water partition coefficient (Wildman–Crippen LogP) is 1.88. The van der Waals surface area contributed by atoms with E-state index in [1.165, 1.54) is 0 Å². The van der Waals surface area contributed by atoms with Crippen molar-refractivity contribution < 1.29 is 5.11 Å². The molecule has 0 saturated carbocycles. The van der Waals surface area contributed by atoms with Gasteiger partial charge >= 0.3 is 0 Å². The molecule has 1 aliphatic rings. The summed E-state index contributed by atoms with van der Waals surface area (Å²) in [5.41, 5.74) is 0.230. The molecule has 13 heavy (non-hydrogen) atoms. The van der Waals surface area contributed by atoms with Gasteiger partial charge in [-0.15, -0.1) is 0 Å². The molecule has 1 saturated heterocycles. The van der Waals surface area contributed by atoms with E-state index in [9.17, 15) is 5.11 Å². The first-order chi connectivity index (χ1) is 5.84. The molecule has 1 aliphatic heterocycles. The Morgan fingerprint density at radius 1 is 1.23 bits per heavy atom. The highest BCUT2D eigenvalue weighted by Crippen LogP contribution is 2.29. The van der Waals surface area contributed by atoms with Gasteiger partial charge in [0.15, 0.2) is 0 Å². The van der Waals surface area contributed by atoms with Crippen molar-refractivity contribution in [1.29, 1.82) is 0 Å². The second kappa shape index (κ2) is 3.58. The molecule has 0 bridgehead atoms. The second-order valence-electron chi connectivity index (χ2n) is 5.32. The molecule has 0 aromatic rings. The molecule has 1 fully saturated rings. The maximum atomic E-state index is 9.70. The zero-order valence-corrected chi connectivity index (χ0v) is 9.54. The van der Waals surface area contributed by atoms with Crippen LogP contribution in [0.15, 0.2) is 0 Å². The third-order valence-electron chi connectivity index (χ3n) is 3.39. The number of hydrogen-bond donors (Lipinski definition) is 1. The fourth-order valence-corrected chi connectivity index (χ4v) is 2.29. The Labute approximate surface area is 81.9 Å². The minimum Gasteiger partial charge on any atom is -0.393 e. The lowest BCUT2D eigenvalue weighted by Crippen LogP contribution is -2.55. The van der Waals surface area contributed by atoms with Crippen LogP contribution in [0.2, 0.25) is 0 Å². The van der Waals surface area contributed by atoms with Gasteiger partial charge in [-0.1, -0.05) is 6.92 Å². The van der Waals surface area contributed by atoms with Crippen LogP contribution < -0.4 is 0 Å². The number of aliphatic hydroxyl groups excluding tert-OH is 1. The fraction of sp³-hybridized carbons (Fsp3) is 1.00. The number of aliphatic hydroxyl groups is 1. The van der Waals surface area contributed by atoms with Crippen LogP contribution in [0.3, 0.4) is 0 Å². The number of nitrogens with zero attached hydrogens (tertiary/aromatic N) is 1. The Morgan fingerprint density at radius 3 is 2.23 bits per heavy atom. The molecule has 3 atom stereocenters. The maximum Gasteiger partial charge on any atom is 0.0592 e. The van der Waals surface area contributed by atoms with Crippen molar-refractivity contribution in [2.45, 2.75) is 58.7 Å². The summed E-state index contributed by atoms with van der Waals surface area (Å²) in [7, 11) is 0. The molecule has 1 heterocycles. The Bertz CT molecular complexity index is 173. The van der Waals surface area contributed by atoms with Crippen LogP contribution in [-0.4, -0.2) is 34.2 Å². The van der Waals surface area contributed by atoms with E-state index < -0.39 is 0 Å². The SMILES string of the molecule is CC1C(O)CCN(C(C)(C)C)C1C. The standard InChI is InChI=1S/C11H23NO/c1-8-9(2)12(11(3,4)5)7-6-10(8)13/h8-10,13H,6-7H2,1-5H3. The molecule has 0 aliphatic carbocycles. The quantitative estimate of drug-likeness (QED) is 0.623. The lowest BCUT2D eigenvalue weighted by atomic mass is 9.86. The predicted molar refractivity (Wildman–Crippen MR) is 55.7 cm³/mol. The molecule has 78 valence electrons. The summed E-state index contributed by atoms with van der Waals surface area (Å²) in [5, 5.41) is 9.70. The first-order valence-electron chi connectivity index (χ1n) is 5.29. The average Bonchev–Trinajstić information content (AvgIpc) is 1.98. The minimum absolute atomic E-state index is 0.103. The first-order valence-corrected chi connectivity index (χ1v) is 5.29. The lowest BCUT2D eigenvalue weighted by Gasteiger charge is -2.47. The Balaban J connectivity index is 2.70. The van der Waals surface area contributed by atoms with Crippen molar-refractivity contribution in [2.75, 3.05) is 6.54 Å². The fourth-order valence-electron chi connectivity index (χ4n) is 2.29. The molecule has 1 N–H and O–H groups in total. The van der Waals surface area contributed by atoms with E-state index in [2.05, 4.69) is 39.5 Å². The van der Waals surface area contributed by atoms with Crippen molar-refractivity contribution in [1.82, 2.24) is 4.90 Å². The lowest BCUT2D eigenvalue weighted by molar-refractivity contribution is -0.0403. The highest BCUT2D eigenvalue weighted by atomic mass is 16.3. The molecule has 2 nitrogen and oxygen atoms in total. The van der Waals surface area contributed by atoms with Crippen LogP contribution in [0.1, 0.15) is 41.0 Å². The van der Waals surface area contributed by atoms with Crippen LogP contribution >= 0.6 is 0 Å². The molecule has 0 spiro atoms. The van der Waals surface area contributed by atoms with Gasteiger partial charge < -0.3 is 5.11 Å². The van der Waals surface area contributed by atoms with Gasteiger partial charge in [-0.05, 0) is 40.0 Å². The molecule has 0 radical (unpaired) electrons. The van der Waals surface area contributed by atoms with E-state index in [1.807, 2.05) is 0 Å². The highest BCUT2D eigenvalue weighted by molar-refractivity contribution is 4.90. The van der Waals surface area contributed by atoms with Crippen molar-refractivity contribution in [3.8, 4) is 0 Å².